The highest BCUT2D eigenvalue weighted by atomic mass is 19.3. The van der Waals surface area contributed by atoms with Gasteiger partial charge in [-0.2, -0.15) is 8.78 Å². The van der Waals surface area contributed by atoms with Crippen LogP contribution in [0.1, 0.15) is 18.1 Å². The van der Waals surface area contributed by atoms with Crippen molar-refractivity contribution in [3.63, 3.8) is 0 Å². The molecule has 0 heterocycles. The van der Waals surface area contributed by atoms with Crippen LogP contribution in [0.5, 0.6) is 5.75 Å². The Morgan fingerprint density at radius 1 is 1.44 bits per heavy atom. The lowest BCUT2D eigenvalue weighted by Crippen LogP contribution is -2.10. The number of hydrogen-bond donors (Lipinski definition) is 1. The number of anilines is 1. The van der Waals surface area contributed by atoms with Gasteiger partial charge in [0, 0.05) is 0 Å². The molecule has 0 aliphatic rings. The van der Waals surface area contributed by atoms with E-state index in [-0.39, 0.29) is 23.8 Å². The van der Waals surface area contributed by atoms with Gasteiger partial charge in [-0.3, -0.25) is 4.79 Å². The fraction of sp³-hybridized carbons (Fsp3) is 0.417. The number of nitrogen functional groups attached to an aromatic ring is 1. The normalized spacial score (nSPS) is 10.5. The second-order valence-corrected chi connectivity index (χ2v) is 3.69. The molecule has 100 valence electrons. The molecule has 18 heavy (non-hydrogen) atoms. The number of rotatable bonds is 5. The van der Waals surface area contributed by atoms with Gasteiger partial charge in [0.05, 0.1) is 18.7 Å². The summed E-state index contributed by atoms with van der Waals surface area (Å²) >= 11 is 0. The van der Waals surface area contributed by atoms with Gasteiger partial charge < -0.3 is 15.2 Å². The Morgan fingerprint density at radius 3 is 2.61 bits per heavy atom. The predicted molar refractivity (Wildman–Crippen MR) is 62.6 cm³/mol. The molecule has 0 fully saturated rings. The third-order valence-corrected chi connectivity index (χ3v) is 2.22. The zero-order valence-corrected chi connectivity index (χ0v) is 10.2. The summed E-state index contributed by atoms with van der Waals surface area (Å²) in [5.41, 5.74) is 6.74. The topological polar surface area (TPSA) is 61.5 Å². The summed E-state index contributed by atoms with van der Waals surface area (Å²) in [5.74, 6) is -0.448. The van der Waals surface area contributed by atoms with Crippen molar-refractivity contribution < 1.29 is 23.0 Å². The van der Waals surface area contributed by atoms with Crippen molar-refractivity contribution in [3.8, 4) is 5.75 Å². The molecule has 1 aromatic rings. The van der Waals surface area contributed by atoms with Gasteiger partial charge in [-0.1, -0.05) is 6.07 Å². The molecular weight excluding hydrogens is 244 g/mol. The molecule has 0 aliphatic carbocycles. The first-order valence-corrected chi connectivity index (χ1v) is 5.43. The van der Waals surface area contributed by atoms with Crippen molar-refractivity contribution in [3.05, 3.63) is 23.3 Å². The van der Waals surface area contributed by atoms with Crippen molar-refractivity contribution in [2.24, 2.45) is 0 Å². The third-order valence-electron chi connectivity index (χ3n) is 2.22. The Kier molecular flexibility index (Phi) is 4.88. The van der Waals surface area contributed by atoms with E-state index in [0.29, 0.717) is 17.7 Å². The van der Waals surface area contributed by atoms with E-state index < -0.39 is 6.61 Å². The Morgan fingerprint density at radius 2 is 2.11 bits per heavy atom. The fourth-order valence-electron chi connectivity index (χ4n) is 1.61. The number of esters is 1. The zero-order chi connectivity index (χ0) is 13.7. The largest absolute Gasteiger partial charge is 0.466 e. The van der Waals surface area contributed by atoms with Crippen LogP contribution in [0, 0.1) is 6.92 Å². The van der Waals surface area contributed by atoms with Gasteiger partial charge in [0.15, 0.2) is 5.75 Å². The number of hydrogen-bond acceptors (Lipinski definition) is 4. The summed E-state index contributed by atoms with van der Waals surface area (Å²) in [6.45, 7) is 0.654. The highest BCUT2D eigenvalue weighted by Gasteiger charge is 2.13. The molecule has 1 aromatic carbocycles. The van der Waals surface area contributed by atoms with Crippen molar-refractivity contribution in [2.75, 3.05) is 12.3 Å². The number of carbonyl (C=O) groups is 1. The molecule has 0 bridgehead atoms. The van der Waals surface area contributed by atoms with Crippen LogP contribution in [0.3, 0.4) is 0 Å². The van der Waals surface area contributed by atoms with Gasteiger partial charge in [0.2, 0.25) is 0 Å². The van der Waals surface area contributed by atoms with E-state index in [0.717, 1.165) is 0 Å². The number of ether oxygens (including phenoxy) is 2. The standard InChI is InChI=1S/C12H15F2NO3/c1-3-17-10(16)6-8-4-7(2)11(9(15)5-8)18-12(13)14/h4-5,12H,3,6,15H2,1-2H3. The van der Waals surface area contributed by atoms with Crippen molar-refractivity contribution in [2.45, 2.75) is 26.9 Å². The smallest absolute Gasteiger partial charge is 0.387 e. The SMILES string of the molecule is CCOC(=O)Cc1cc(C)c(OC(F)F)c(N)c1. The summed E-state index contributed by atoms with van der Waals surface area (Å²) in [7, 11) is 0. The first kappa shape index (κ1) is 14.2. The van der Waals surface area contributed by atoms with Gasteiger partial charge in [-0.15, -0.1) is 0 Å². The minimum absolute atomic E-state index is 0.0494. The third kappa shape index (κ3) is 3.87. The van der Waals surface area contributed by atoms with Crippen LogP contribution in [0.2, 0.25) is 0 Å². The maximum atomic E-state index is 12.1. The number of alkyl halides is 2. The molecule has 0 saturated carbocycles. The van der Waals surface area contributed by atoms with Crippen LogP contribution in [0.4, 0.5) is 14.5 Å². The van der Waals surface area contributed by atoms with Crippen LogP contribution in [-0.2, 0) is 16.0 Å². The van der Waals surface area contributed by atoms with Gasteiger partial charge in [0.1, 0.15) is 0 Å². The average Bonchev–Trinajstić information content (AvgIpc) is 2.23. The molecule has 0 spiro atoms. The molecule has 4 nitrogen and oxygen atoms in total. The van der Waals surface area contributed by atoms with E-state index in [1.165, 1.54) is 6.07 Å². The van der Waals surface area contributed by atoms with E-state index in [2.05, 4.69) is 4.74 Å². The summed E-state index contributed by atoms with van der Waals surface area (Å²) in [6.07, 6.45) is 0.0494. The molecule has 0 radical (unpaired) electrons. The van der Waals surface area contributed by atoms with Crippen LogP contribution in [-0.4, -0.2) is 19.2 Å². The monoisotopic (exact) mass is 259 g/mol. The first-order chi connectivity index (χ1) is 8.43. The minimum Gasteiger partial charge on any atom is -0.466 e. The summed E-state index contributed by atoms with van der Waals surface area (Å²) in [4.78, 5) is 11.3. The minimum atomic E-state index is -2.93. The van der Waals surface area contributed by atoms with E-state index >= 15 is 0 Å². The van der Waals surface area contributed by atoms with Crippen molar-refractivity contribution in [1.29, 1.82) is 0 Å². The lowest BCUT2D eigenvalue weighted by Gasteiger charge is -2.12. The van der Waals surface area contributed by atoms with Crippen molar-refractivity contribution in [1.82, 2.24) is 0 Å². The lowest BCUT2D eigenvalue weighted by molar-refractivity contribution is -0.142. The number of benzene rings is 1. The first-order valence-electron chi connectivity index (χ1n) is 5.43. The van der Waals surface area contributed by atoms with E-state index in [1.54, 1.807) is 19.9 Å². The van der Waals surface area contributed by atoms with Crippen LogP contribution in [0.25, 0.3) is 0 Å². The number of aryl methyl sites for hydroxylation is 1. The average molecular weight is 259 g/mol. The molecule has 0 amide bonds. The van der Waals surface area contributed by atoms with E-state index in [9.17, 15) is 13.6 Å². The zero-order valence-electron chi connectivity index (χ0n) is 10.2. The summed E-state index contributed by atoms with van der Waals surface area (Å²) < 4.78 is 33.4. The molecule has 0 aromatic heterocycles. The molecule has 0 aliphatic heterocycles. The quantitative estimate of drug-likeness (QED) is 0.651. The Balaban J connectivity index is 2.89. The molecule has 0 saturated heterocycles. The maximum absolute atomic E-state index is 12.1. The fourth-order valence-corrected chi connectivity index (χ4v) is 1.61. The molecule has 0 unspecified atom stereocenters. The molecule has 2 N–H and O–H groups in total. The second-order valence-electron chi connectivity index (χ2n) is 3.69. The van der Waals surface area contributed by atoms with Gasteiger partial charge in [-0.05, 0) is 31.0 Å². The highest BCUT2D eigenvalue weighted by molar-refractivity contribution is 5.74. The molecular formula is C12H15F2NO3. The number of carbonyl (C=O) groups excluding carboxylic acids is 1. The van der Waals surface area contributed by atoms with Crippen LogP contribution < -0.4 is 10.5 Å². The second kappa shape index (κ2) is 6.18. The summed E-state index contributed by atoms with van der Waals surface area (Å²) in [5, 5.41) is 0. The predicted octanol–water partition coefficient (Wildman–Crippen LogP) is 2.28. The summed E-state index contributed by atoms with van der Waals surface area (Å²) in [6, 6.07) is 3.01. The van der Waals surface area contributed by atoms with Gasteiger partial charge >= 0.3 is 12.6 Å². The Hall–Kier alpha value is -1.85. The van der Waals surface area contributed by atoms with Crippen LogP contribution in [0.15, 0.2) is 12.1 Å². The van der Waals surface area contributed by atoms with Crippen LogP contribution >= 0.6 is 0 Å². The van der Waals surface area contributed by atoms with Gasteiger partial charge in [-0.25, -0.2) is 0 Å². The molecule has 0 atom stereocenters. The lowest BCUT2D eigenvalue weighted by atomic mass is 10.1. The Bertz CT molecular complexity index is 412. The number of halogens is 2. The van der Waals surface area contributed by atoms with E-state index in [1.807, 2.05) is 0 Å². The van der Waals surface area contributed by atoms with Crippen molar-refractivity contribution >= 4 is 11.7 Å². The highest BCUT2D eigenvalue weighted by Crippen LogP contribution is 2.29. The molecule has 6 heteroatoms. The number of nitrogens with two attached hydrogens (primary N) is 1. The molecule has 1 rings (SSSR count). The maximum Gasteiger partial charge on any atom is 0.387 e. The van der Waals surface area contributed by atoms with E-state index in [4.69, 9.17) is 10.5 Å². The Labute approximate surface area is 104 Å². The van der Waals surface area contributed by atoms with Gasteiger partial charge in [0.25, 0.3) is 0 Å².